The molecule has 0 saturated carbocycles. The Morgan fingerprint density at radius 3 is 2.40 bits per heavy atom. The largest absolute Gasteiger partial charge is 0.492 e. The zero-order valence-electron chi connectivity index (χ0n) is 12.0. The third-order valence-electron chi connectivity index (χ3n) is 3.35. The number of aromatic nitrogens is 1. The van der Waals surface area contributed by atoms with E-state index in [0.29, 0.717) is 5.69 Å². The van der Waals surface area contributed by atoms with Crippen molar-refractivity contribution >= 4 is 0 Å². The molecule has 1 aromatic carbocycles. The molecule has 0 aliphatic heterocycles. The third kappa shape index (κ3) is 3.56. The monoisotopic (exact) mass is 273 g/mol. The highest BCUT2D eigenvalue weighted by Crippen LogP contribution is 2.22. The Hall–Kier alpha value is -1.90. The maximum atomic E-state index is 13.6. The highest BCUT2D eigenvalue weighted by molar-refractivity contribution is 5.59. The maximum absolute atomic E-state index is 13.6. The molecule has 2 rings (SSSR count). The van der Waals surface area contributed by atoms with E-state index in [1.165, 1.54) is 31.9 Å². The van der Waals surface area contributed by atoms with Crippen LogP contribution in [-0.2, 0) is 6.42 Å². The lowest BCUT2D eigenvalue weighted by atomic mass is 10.0. The molecule has 0 aliphatic rings. The van der Waals surface area contributed by atoms with Gasteiger partial charge in [-0.2, -0.15) is 4.39 Å². The van der Waals surface area contributed by atoms with Crippen molar-refractivity contribution in [2.75, 3.05) is 7.11 Å². The van der Waals surface area contributed by atoms with Crippen molar-refractivity contribution < 1.29 is 9.13 Å². The van der Waals surface area contributed by atoms with Crippen molar-refractivity contribution in [3.8, 4) is 17.0 Å². The number of hydrogen-bond donors (Lipinski definition) is 0. The quantitative estimate of drug-likeness (QED) is 0.565. The molecule has 2 nitrogen and oxygen atoms in total. The van der Waals surface area contributed by atoms with Crippen LogP contribution in [0.1, 0.15) is 31.7 Å². The van der Waals surface area contributed by atoms with Gasteiger partial charge in [-0.05, 0) is 30.5 Å². The minimum atomic E-state index is -0.572. The fraction of sp³-hybridized carbons (Fsp3) is 0.353. The SMILES string of the molecule is CCCCCc1ccc(-c2ccc(OC)c(F)n2)cc1. The van der Waals surface area contributed by atoms with Gasteiger partial charge in [0.1, 0.15) is 0 Å². The zero-order chi connectivity index (χ0) is 14.4. The molecule has 106 valence electrons. The van der Waals surface area contributed by atoms with Crippen molar-refractivity contribution in [3.05, 3.63) is 47.9 Å². The molecular formula is C17H20FNO. The number of pyridine rings is 1. The molecule has 0 radical (unpaired) electrons. The number of methoxy groups -OCH3 is 1. The number of benzene rings is 1. The summed E-state index contributed by atoms with van der Waals surface area (Å²) < 4.78 is 18.5. The number of hydrogen-bond acceptors (Lipinski definition) is 2. The number of halogens is 1. The molecule has 0 aliphatic carbocycles. The second-order valence-electron chi connectivity index (χ2n) is 4.84. The molecule has 20 heavy (non-hydrogen) atoms. The Bertz CT molecular complexity index is 551. The van der Waals surface area contributed by atoms with Gasteiger partial charge in [-0.15, -0.1) is 0 Å². The molecule has 1 heterocycles. The maximum Gasteiger partial charge on any atom is 0.255 e. The van der Waals surface area contributed by atoms with Gasteiger partial charge in [0.2, 0.25) is 0 Å². The van der Waals surface area contributed by atoms with Gasteiger partial charge >= 0.3 is 0 Å². The molecule has 0 saturated heterocycles. The average molecular weight is 273 g/mol. The summed E-state index contributed by atoms with van der Waals surface area (Å²) >= 11 is 0. The van der Waals surface area contributed by atoms with E-state index in [0.717, 1.165) is 12.0 Å². The van der Waals surface area contributed by atoms with Crippen LogP contribution in [0.25, 0.3) is 11.3 Å². The molecule has 0 amide bonds. The minimum absolute atomic E-state index is 0.171. The fourth-order valence-corrected chi connectivity index (χ4v) is 2.16. The van der Waals surface area contributed by atoms with Crippen LogP contribution in [0.2, 0.25) is 0 Å². The standard InChI is InChI=1S/C17H20FNO/c1-3-4-5-6-13-7-9-14(10-8-13)15-11-12-16(20-2)17(18)19-15/h7-12H,3-6H2,1-2H3. The first kappa shape index (κ1) is 14.5. The van der Waals surface area contributed by atoms with Crippen molar-refractivity contribution in [1.29, 1.82) is 0 Å². The second-order valence-corrected chi connectivity index (χ2v) is 4.84. The molecule has 0 atom stereocenters. The van der Waals surface area contributed by atoms with Gasteiger partial charge in [-0.3, -0.25) is 0 Å². The van der Waals surface area contributed by atoms with Gasteiger partial charge in [0.25, 0.3) is 5.95 Å². The summed E-state index contributed by atoms with van der Waals surface area (Å²) in [7, 11) is 1.44. The van der Waals surface area contributed by atoms with Crippen LogP contribution < -0.4 is 4.74 Å². The topological polar surface area (TPSA) is 22.1 Å². The molecule has 0 fully saturated rings. The van der Waals surface area contributed by atoms with Crippen LogP contribution in [0.15, 0.2) is 36.4 Å². The first-order valence-corrected chi connectivity index (χ1v) is 7.04. The summed E-state index contributed by atoms with van der Waals surface area (Å²) in [6, 6.07) is 11.6. The lowest BCUT2D eigenvalue weighted by molar-refractivity contribution is 0.378. The lowest BCUT2D eigenvalue weighted by Crippen LogP contribution is -1.93. The number of rotatable bonds is 6. The first-order valence-electron chi connectivity index (χ1n) is 7.04. The van der Waals surface area contributed by atoms with E-state index in [1.807, 2.05) is 12.1 Å². The predicted octanol–water partition coefficient (Wildman–Crippen LogP) is 4.63. The molecule has 0 unspecified atom stereocenters. The van der Waals surface area contributed by atoms with E-state index < -0.39 is 5.95 Å². The fourth-order valence-electron chi connectivity index (χ4n) is 2.16. The highest BCUT2D eigenvalue weighted by atomic mass is 19.1. The Kier molecular flexibility index (Phi) is 5.10. The molecule has 2 aromatic rings. The summed E-state index contributed by atoms with van der Waals surface area (Å²) in [5, 5.41) is 0. The smallest absolute Gasteiger partial charge is 0.255 e. The van der Waals surface area contributed by atoms with Crippen LogP contribution in [-0.4, -0.2) is 12.1 Å². The summed E-state index contributed by atoms with van der Waals surface area (Å²) in [6.07, 6.45) is 4.80. The molecule has 0 N–H and O–H groups in total. The molecule has 0 spiro atoms. The van der Waals surface area contributed by atoms with Crippen molar-refractivity contribution in [3.63, 3.8) is 0 Å². The molecule has 0 bridgehead atoms. The number of nitrogens with zero attached hydrogens (tertiary/aromatic N) is 1. The van der Waals surface area contributed by atoms with Crippen LogP contribution in [0.5, 0.6) is 5.75 Å². The van der Waals surface area contributed by atoms with E-state index >= 15 is 0 Å². The van der Waals surface area contributed by atoms with Crippen LogP contribution >= 0.6 is 0 Å². The molecule has 1 aromatic heterocycles. The van der Waals surface area contributed by atoms with Crippen molar-refractivity contribution in [2.45, 2.75) is 32.6 Å². The van der Waals surface area contributed by atoms with Crippen LogP contribution in [0, 0.1) is 5.95 Å². The first-order chi connectivity index (χ1) is 9.74. The predicted molar refractivity (Wildman–Crippen MR) is 79.4 cm³/mol. The number of aryl methyl sites for hydroxylation is 1. The van der Waals surface area contributed by atoms with Crippen LogP contribution in [0.4, 0.5) is 4.39 Å². The van der Waals surface area contributed by atoms with Crippen LogP contribution in [0.3, 0.4) is 0 Å². The van der Waals surface area contributed by atoms with Crippen molar-refractivity contribution in [2.24, 2.45) is 0 Å². The van der Waals surface area contributed by atoms with Gasteiger partial charge in [0, 0.05) is 5.56 Å². The van der Waals surface area contributed by atoms with Gasteiger partial charge in [-0.1, -0.05) is 44.0 Å². The van der Waals surface area contributed by atoms with Crippen molar-refractivity contribution in [1.82, 2.24) is 4.98 Å². The third-order valence-corrected chi connectivity index (χ3v) is 3.35. The zero-order valence-corrected chi connectivity index (χ0v) is 12.0. The highest BCUT2D eigenvalue weighted by Gasteiger charge is 2.06. The number of unbranched alkanes of at least 4 members (excludes halogenated alkanes) is 2. The van der Waals surface area contributed by atoms with Gasteiger partial charge in [0.15, 0.2) is 5.75 Å². The molecular weight excluding hydrogens is 253 g/mol. The normalized spacial score (nSPS) is 10.6. The number of ether oxygens (including phenoxy) is 1. The Morgan fingerprint density at radius 2 is 1.80 bits per heavy atom. The van der Waals surface area contributed by atoms with E-state index in [1.54, 1.807) is 12.1 Å². The summed E-state index contributed by atoms with van der Waals surface area (Å²) in [5.41, 5.74) is 2.87. The van der Waals surface area contributed by atoms with Gasteiger partial charge < -0.3 is 4.74 Å². The average Bonchev–Trinajstić information content (AvgIpc) is 2.48. The minimum Gasteiger partial charge on any atom is -0.492 e. The Morgan fingerprint density at radius 1 is 1.05 bits per heavy atom. The summed E-state index contributed by atoms with van der Waals surface area (Å²) in [5.74, 6) is -0.401. The van der Waals surface area contributed by atoms with E-state index in [2.05, 4.69) is 24.0 Å². The van der Waals surface area contributed by atoms with E-state index in [4.69, 9.17) is 4.74 Å². The summed E-state index contributed by atoms with van der Waals surface area (Å²) in [6.45, 7) is 2.20. The lowest BCUT2D eigenvalue weighted by Gasteiger charge is -2.06. The Labute approximate surface area is 119 Å². The van der Waals surface area contributed by atoms with E-state index in [-0.39, 0.29) is 5.75 Å². The Balaban J connectivity index is 2.11. The van der Waals surface area contributed by atoms with E-state index in [9.17, 15) is 4.39 Å². The second kappa shape index (κ2) is 7.04. The van der Waals surface area contributed by atoms with Gasteiger partial charge in [-0.25, -0.2) is 4.98 Å². The summed E-state index contributed by atoms with van der Waals surface area (Å²) in [4.78, 5) is 3.93. The molecule has 3 heteroatoms. The van der Waals surface area contributed by atoms with Gasteiger partial charge in [0.05, 0.1) is 12.8 Å².